The van der Waals surface area contributed by atoms with Crippen molar-refractivity contribution >= 4 is 12.1 Å². The largest absolute Gasteiger partial charge is 0.469 e. The number of nitrogens with zero attached hydrogens (tertiary/aromatic N) is 1. The highest BCUT2D eigenvalue weighted by Crippen LogP contribution is 2.35. The van der Waals surface area contributed by atoms with Crippen molar-refractivity contribution in [1.29, 1.82) is 0 Å². The average molecular weight is 321 g/mol. The lowest BCUT2D eigenvalue weighted by atomic mass is 10.0. The van der Waals surface area contributed by atoms with Crippen LogP contribution in [-0.4, -0.2) is 35.9 Å². The Balaban J connectivity index is 2.15. The molecule has 1 aliphatic rings. The van der Waals surface area contributed by atoms with Crippen molar-refractivity contribution in [2.45, 2.75) is 51.4 Å². The molecule has 1 aromatic carbocycles. The van der Waals surface area contributed by atoms with Crippen molar-refractivity contribution in [1.82, 2.24) is 5.06 Å². The van der Waals surface area contributed by atoms with Crippen LogP contribution in [0.25, 0.3) is 0 Å². The smallest absolute Gasteiger partial charge is 0.434 e. The molecule has 1 aliphatic heterocycles. The summed E-state index contributed by atoms with van der Waals surface area (Å²) in [7, 11) is 1.32. The van der Waals surface area contributed by atoms with Crippen LogP contribution in [0.2, 0.25) is 0 Å². The van der Waals surface area contributed by atoms with E-state index in [4.69, 9.17) is 14.3 Å². The predicted octanol–water partition coefficient (Wildman–Crippen LogP) is 3.23. The van der Waals surface area contributed by atoms with Crippen molar-refractivity contribution in [3.8, 4) is 0 Å². The maximum Gasteiger partial charge on any atom is 0.434 e. The second-order valence-corrected chi connectivity index (χ2v) is 6.48. The number of benzene rings is 1. The summed E-state index contributed by atoms with van der Waals surface area (Å²) in [5.74, 6) is -0.388. The quantitative estimate of drug-likeness (QED) is 0.800. The first kappa shape index (κ1) is 17.3. The van der Waals surface area contributed by atoms with Gasteiger partial charge in [0, 0.05) is 6.42 Å². The van der Waals surface area contributed by atoms with E-state index in [0.717, 1.165) is 5.56 Å². The molecular formula is C17H23NO5. The number of methoxy groups -OCH3 is 1. The van der Waals surface area contributed by atoms with Gasteiger partial charge >= 0.3 is 12.1 Å². The SMILES string of the molecule is COC(=O)CC1CC(c2ccccc2)ON1C(=O)OC(C)(C)C. The second kappa shape index (κ2) is 7.00. The summed E-state index contributed by atoms with van der Waals surface area (Å²) >= 11 is 0. The van der Waals surface area contributed by atoms with Gasteiger partial charge in [0.1, 0.15) is 11.7 Å². The van der Waals surface area contributed by atoms with Crippen LogP contribution >= 0.6 is 0 Å². The Labute approximate surface area is 136 Å². The van der Waals surface area contributed by atoms with Crippen molar-refractivity contribution in [2.75, 3.05) is 7.11 Å². The van der Waals surface area contributed by atoms with Crippen LogP contribution in [0.5, 0.6) is 0 Å². The third kappa shape index (κ3) is 4.69. The van der Waals surface area contributed by atoms with Gasteiger partial charge in [0.2, 0.25) is 0 Å². The van der Waals surface area contributed by atoms with Crippen LogP contribution < -0.4 is 0 Å². The normalized spacial score (nSPS) is 21.1. The molecule has 0 aromatic heterocycles. The Morgan fingerprint density at radius 3 is 2.48 bits per heavy atom. The summed E-state index contributed by atoms with van der Waals surface area (Å²) in [6.07, 6.45) is -0.305. The number of hydrogen-bond acceptors (Lipinski definition) is 5. The first-order valence-corrected chi connectivity index (χ1v) is 7.61. The summed E-state index contributed by atoms with van der Waals surface area (Å²) in [4.78, 5) is 29.7. The lowest BCUT2D eigenvalue weighted by Gasteiger charge is -2.26. The van der Waals surface area contributed by atoms with E-state index in [0.29, 0.717) is 6.42 Å². The summed E-state index contributed by atoms with van der Waals surface area (Å²) in [5, 5.41) is 1.17. The Kier molecular flexibility index (Phi) is 5.26. The van der Waals surface area contributed by atoms with E-state index in [9.17, 15) is 9.59 Å². The number of hydroxylamine groups is 2. The molecule has 6 nitrogen and oxygen atoms in total. The predicted molar refractivity (Wildman–Crippen MR) is 83.4 cm³/mol. The molecule has 6 heteroatoms. The molecule has 0 aliphatic carbocycles. The van der Waals surface area contributed by atoms with Gasteiger partial charge < -0.3 is 9.47 Å². The van der Waals surface area contributed by atoms with Crippen LogP contribution in [0.3, 0.4) is 0 Å². The standard InChI is InChI=1S/C17H23NO5/c1-17(2,3)22-16(20)18-13(11-15(19)21-4)10-14(23-18)12-8-6-5-7-9-12/h5-9,13-14H,10-11H2,1-4H3. The van der Waals surface area contributed by atoms with Gasteiger partial charge in [0.25, 0.3) is 0 Å². The maximum atomic E-state index is 12.3. The fourth-order valence-electron chi connectivity index (χ4n) is 2.41. The van der Waals surface area contributed by atoms with Gasteiger partial charge in [-0.1, -0.05) is 30.3 Å². The fraction of sp³-hybridized carbons (Fsp3) is 0.529. The highest BCUT2D eigenvalue weighted by molar-refractivity contribution is 5.72. The molecule has 23 heavy (non-hydrogen) atoms. The molecule has 2 rings (SSSR count). The van der Waals surface area contributed by atoms with Gasteiger partial charge in [0.15, 0.2) is 0 Å². The number of hydrogen-bond donors (Lipinski definition) is 0. The van der Waals surface area contributed by atoms with Gasteiger partial charge in [-0.2, -0.15) is 5.06 Å². The minimum Gasteiger partial charge on any atom is -0.469 e. The minimum atomic E-state index is -0.638. The zero-order valence-electron chi connectivity index (χ0n) is 13.9. The van der Waals surface area contributed by atoms with Gasteiger partial charge in [-0.15, -0.1) is 0 Å². The molecule has 0 saturated carbocycles. The number of carbonyl (C=O) groups excluding carboxylic acids is 2. The molecule has 0 bridgehead atoms. The summed E-state index contributed by atoms with van der Waals surface area (Å²) in [6, 6.07) is 9.17. The molecule has 1 fully saturated rings. The minimum absolute atomic E-state index is 0.0685. The summed E-state index contributed by atoms with van der Waals surface area (Å²) < 4.78 is 10.1. The monoisotopic (exact) mass is 321 g/mol. The van der Waals surface area contributed by atoms with Gasteiger partial charge in [-0.3, -0.25) is 9.63 Å². The molecule has 1 saturated heterocycles. The van der Waals surface area contributed by atoms with Crippen LogP contribution in [0.1, 0.15) is 45.3 Å². The topological polar surface area (TPSA) is 65.1 Å². The second-order valence-electron chi connectivity index (χ2n) is 6.48. The zero-order chi connectivity index (χ0) is 17.0. The van der Waals surface area contributed by atoms with Gasteiger partial charge in [0.05, 0.1) is 19.6 Å². The van der Waals surface area contributed by atoms with E-state index in [2.05, 4.69) is 0 Å². The average Bonchev–Trinajstić information content (AvgIpc) is 2.90. The Morgan fingerprint density at radius 2 is 1.91 bits per heavy atom. The Hall–Kier alpha value is -2.08. The number of carbonyl (C=O) groups is 2. The number of esters is 1. The van der Waals surface area contributed by atoms with Crippen LogP contribution in [-0.2, 0) is 19.1 Å². The third-order valence-electron chi connectivity index (χ3n) is 3.43. The molecule has 2 atom stereocenters. The third-order valence-corrected chi connectivity index (χ3v) is 3.43. The summed E-state index contributed by atoms with van der Waals surface area (Å²) in [5.41, 5.74) is 0.314. The Bertz CT molecular complexity index is 552. The zero-order valence-corrected chi connectivity index (χ0v) is 13.9. The fourth-order valence-corrected chi connectivity index (χ4v) is 2.41. The highest BCUT2D eigenvalue weighted by atomic mass is 16.7. The van der Waals surface area contributed by atoms with E-state index in [-0.39, 0.29) is 18.5 Å². The van der Waals surface area contributed by atoms with Crippen molar-refractivity contribution in [3.63, 3.8) is 0 Å². The van der Waals surface area contributed by atoms with Crippen LogP contribution in [0.15, 0.2) is 30.3 Å². The van der Waals surface area contributed by atoms with Crippen molar-refractivity contribution in [3.05, 3.63) is 35.9 Å². The molecule has 1 heterocycles. The Morgan fingerprint density at radius 1 is 1.26 bits per heavy atom. The molecule has 1 amide bonds. The molecule has 1 aromatic rings. The molecule has 126 valence electrons. The number of ether oxygens (including phenoxy) is 2. The van der Waals surface area contributed by atoms with E-state index in [1.54, 1.807) is 20.8 Å². The summed E-state index contributed by atoms with van der Waals surface area (Å²) in [6.45, 7) is 5.35. The van der Waals surface area contributed by atoms with Crippen molar-refractivity contribution in [2.24, 2.45) is 0 Å². The van der Waals surface area contributed by atoms with E-state index in [1.165, 1.54) is 12.2 Å². The first-order chi connectivity index (χ1) is 10.8. The first-order valence-electron chi connectivity index (χ1n) is 7.61. The van der Waals surface area contributed by atoms with Gasteiger partial charge in [-0.05, 0) is 26.3 Å². The van der Waals surface area contributed by atoms with E-state index in [1.807, 2.05) is 30.3 Å². The lowest BCUT2D eigenvalue weighted by Crippen LogP contribution is -2.40. The number of amides is 1. The molecule has 0 radical (unpaired) electrons. The maximum absolute atomic E-state index is 12.3. The van der Waals surface area contributed by atoms with E-state index >= 15 is 0 Å². The van der Waals surface area contributed by atoms with Crippen LogP contribution in [0, 0.1) is 0 Å². The van der Waals surface area contributed by atoms with Gasteiger partial charge in [-0.25, -0.2) is 4.79 Å². The molecule has 0 N–H and O–H groups in total. The van der Waals surface area contributed by atoms with Crippen LogP contribution in [0.4, 0.5) is 4.79 Å². The number of rotatable bonds is 3. The highest BCUT2D eigenvalue weighted by Gasteiger charge is 2.41. The molecule has 0 spiro atoms. The van der Waals surface area contributed by atoms with E-state index < -0.39 is 17.7 Å². The molecular weight excluding hydrogens is 298 g/mol. The molecule has 2 unspecified atom stereocenters. The lowest BCUT2D eigenvalue weighted by molar-refractivity contribution is -0.159. The van der Waals surface area contributed by atoms with Crippen molar-refractivity contribution < 1.29 is 23.9 Å².